The van der Waals surface area contributed by atoms with Crippen LogP contribution in [0.4, 0.5) is 0 Å². The van der Waals surface area contributed by atoms with E-state index >= 15 is 0 Å². The molecule has 0 unspecified atom stereocenters. The van der Waals surface area contributed by atoms with E-state index in [0.29, 0.717) is 11.9 Å². The van der Waals surface area contributed by atoms with Crippen LogP contribution in [0.15, 0.2) is 4.52 Å². The molecule has 5 nitrogen and oxygen atoms in total. The molecule has 19 heavy (non-hydrogen) atoms. The first-order valence-corrected chi connectivity index (χ1v) is 7.42. The summed E-state index contributed by atoms with van der Waals surface area (Å²) in [6, 6.07) is 0.638. The lowest BCUT2D eigenvalue weighted by Gasteiger charge is -2.30. The number of aryl methyl sites for hydroxylation is 1. The lowest BCUT2D eigenvalue weighted by atomic mass is 9.85. The molecule has 1 aliphatic heterocycles. The summed E-state index contributed by atoms with van der Waals surface area (Å²) in [4.78, 5) is 9.28. The summed E-state index contributed by atoms with van der Waals surface area (Å²) in [6.45, 7) is 6.39. The second-order valence-corrected chi connectivity index (χ2v) is 6.14. The van der Waals surface area contributed by atoms with Crippen LogP contribution < -0.4 is 0 Å². The molecule has 2 heterocycles. The van der Waals surface area contributed by atoms with Gasteiger partial charge in [0.2, 0.25) is 5.89 Å². The van der Waals surface area contributed by atoms with Gasteiger partial charge >= 0.3 is 0 Å². The second kappa shape index (κ2) is 5.59. The van der Waals surface area contributed by atoms with Crippen molar-refractivity contribution in [2.45, 2.75) is 45.2 Å². The first-order valence-electron chi connectivity index (χ1n) is 7.42. The SMILES string of the molecule is Cc1nc(CN(C)[C@H]2CCN(CC3CCC3)C2)no1. The smallest absolute Gasteiger partial charge is 0.223 e. The van der Waals surface area contributed by atoms with Gasteiger partial charge in [-0.15, -0.1) is 0 Å². The maximum absolute atomic E-state index is 5.03. The van der Waals surface area contributed by atoms with Gasteiger partial charge in [-0.1, -0.05) is 11.6 Å². The van der Waals surface area contributed by atoms with Gasteiger partial charge in [0.1, 0.15) is 0 Å². The minimum Gasteiger partial charge on any atom is -0.340 e. The summed E-state index contributed by atoms with van der Waals surface area (Å²) in [5.41, 5.74) is 0. The fourth-order valence-corrected chi connectivity index (χ4v) is 3.14. The van der Waals surface area contributed by atoms with E-state index in [9.17, 15) is 0 Å². The van der Waals surface area contributed by atoms with Gasteiger partial charge in [0.05, 0.1) is 6.54 Å². The molecule has 106 valence electrons. The molecule has 2 aliphatic rings. The lowest BCUT2D eigenvalue weighted by Crippen LogP contribution is -2.36. The van der Waals surface area contributed by atoms with E-state index in [1.54, 1.807) is 0 Å². The molecular formula is C14H24N4O. The number of hydrogen-bond donors (Lipinski definition) is 0. The minimum atomic E-state index is 0.638. The number of nitrogens with zero attached hydrogens (tertiary/aromatic N) is 4. The molecule has 0 aromatic carbocycles. The summed E-state index contributed by atoms with van der Waals surface area (Å²) in [5, 5.41) is 3.98. The zero-order valence-corrected chi connectivity index (χ0v) is 12.0. The van der Waals surface area contributed by atoms with Crippen molar-refractivity contribution in [2.24, 2.45) is 5.92 Å². The monoisotopic (exact) mass is 264 g/mol. The Kier molecular flexibility index (Phi) is 3.84. The number of aromatic nitrogens is 2. The van der Waals surface area contributed by atoms with E-state index in [2.05, 4.69) is 27.0 Å². The van der Waals surface area contributed by atoms with Gasteiger partial charge in [0, 0.05) is 26.1 Å². The van der Waals surface area contributed by atoms with Crippen LogP contribution in [0.25, 0.3) is 0 Å². The van der Waals surface area contributed by atoms with Crippen LogP contribution in [0.3, 0.4) is 0 Å². The molecule has 0 bridgehead atoms. The Labute approximate surface area is 115 Å². The molecule has 0 radical (unpaired) electrons. The van der Waals surface area contributed by atoms with Crippen LogP contribution in [0.5, 0.6) is 0 Å². The summed E-state index contributed by atoms with van der Waals surface area (Å²) in [7, 11) is 2.17. The summed E-state index contributed by atoms with van der Waals surface area (Å²) in [6.07, 6.45) is 5.59. The van der Waals surface area contributed by atoms with Gasteiger partial charge < -0.3 is 9.42 Å². The first kappa shape index (κ1) is 13.1. The van der Waals surface area contributed by atoms with Crippen LogP contribution in [-0.4, -0.2) is 52.7 Å². The normalized spacial score (nSPS) is 25.1. The Hall–Kier alpha value is -0.940. The van der Waals surface area contributed by atoms with Gasteiger partial charge in [-0.25, -0.2) is 0 Å². The third kappa shape index (κ3) is 3.15. The van der Waals surface area contributed by atoms with E-state index in [-0.39, 0.29) is 0 Å². The maximum atomic E-state index is 5.03. The molecule has 3 rings (SSSR count). The fourth-order valence-electron chi connectivity index (χ4n) is 3.14. The number of likely N-dealkylation sites (tertiary alicyclic amines) is 1. The van der Waals surface area contributed by atoms with Crippen LogP contribution in [0.2, 0.25) is 0 Å². The highest BCUT2D eigenvalue weighted by Crippen LogP contribution is 2.28. The average molecular weight is 264 g/mol. The van der Waals surface area contributed by atoms with Crippen molar-refractivity contribution in [3.8, 4) is 0 Å². The van der Waals surface area contributed by atoms with Crippen molar-refractivity contribution in [2.75, 3.05) is 26.7 Å². The summed E-state index contributed by atoms with van der Waals surface area (Å²) >= 11 is 0. The highest BCUT2D eigenvalue weighted by atomic mass is 16.5. The molecule has 1 atom stereocenters. The first-order chi connectivity index (χ1) is 9.20. The van der Waals surface area contributed by atoms with Crippen LogP contribution >= 0.6 is 0 Å². The van der Waals surface area contributed by atoms with Gasteiger partial charge in [-0.05, 0) is 38.8 Å². The second-order valence-electron chi connectivity index (χ2n) is 6.14. The maximum Gasteiger partial charge on any atom is 0.223 e. The van der Waals surface area contributed by atoms with Crippen LogP contribution in [-0.2, 0) is 6.54 Å². The zero-order chi connectivity index (χ0) is 13.2. The average Bonchev–Trinajstić information content (AvgIpc) is 2.93. The molecule has 1 saturated carbocycles. The van der Waals surface area contributed by atoms with Crippen LogP contribution in [0.1, 0.15) is 37.4 Å². The quantitative estimate of drug-likeness (QED) is 0.809. The number of hydrogen-bond acceptors (Lipinski definition) is 5. The van der Waals surface area contributed by atoms with Crippen molar-refractivity contribution in [1.82, 2.24) is 19.9 Å². The molecule has 1 saturated heterocycles. The molecule has 1 aromatic heterocycles. The Bertz CT molecular complexity index is 415. The molecule has 5 heteroatoms. The van der Waals surface area contributed by atoms with E-state index in [1.165, 1.54) is 45.3 Å². The van der Waals surface area contributed by atoms with E-state index in [1.807, 2.05) is 6.92 Å². The summed E-state index contributed by atoms with van der Waals surface area (Å²) < 4.78 is 5.03. The Balaban J connectivity index is 1.46. The largest absolute Gasteiger partial charge is 0.340 e. The molecule has 0 amide bonds. The topological polar surface area (TPSA) is 45.4 Å². The van der Waals surface area contributed by atoms with Crippen molar-refractivity contribution < 1.29 is 4.52 Å². The third-order valence-electron chi connectivity index (χ3n) is 4.57. The molecule has 0 spiro atoms. The molecule has 1 aromatic rings. The molecule has 1 aliphatic carbocycles. The predicted molar refractivity (Wildman–Crippen MR) is 72.7 cm³/mol. The molecular weight excluding hydrogens is 240 g/mol. The minimum absolute atomic E-state index is 0.638. The Morgan fingerprint density at radius 2 is 2.21 bits per heavy atom. The summed E-state index contributed by atoms with van der Waals surface area (Å²) in [5.74, 6) is 2.43. The van der Waals surface area contributed by atoms with Crippen molar-refractivity contribution in [3.05, 3.63) is 11.7 Å². The van der Waals surface area contributed by atoms with Gasteiger partial charge in [-0.3, -0.25) is 4.90 Å². The van der Waals surface area contributed by atoms with E-state index in [4.69, 9.17) is 4.52 Å². The van der Waals surface area contributed by atoms with Gasteiger partial charge in [-0.2, -0.15) is 4.98 Å². The standard InChI is InChI=1S/C14H24N4O/c1-11-15-14(16-19-11)10-17(2)13-6-7-18(9-13)8-12-4-3-5-12/h12-13H,3-10H2,1-2H3/t13-/m0/s1. The lowest BCUT2D eigenvalue weighted by molar-refractivity contribution is 0.180. The number of likely N-dealkylation sites (N-methyl/N-ethyl adjacent to an activating group) is 1. The molecule has 2 fully saturated rings. The third-order valence-corrected chi connectivity index (χ3v) is 4.57. The van der Waals surface area contributed by atoms with E-state index < -0.39 is 0 Å². The Morgan fingerprint density at radius 3 is 2.84 bits per heavy atom. The molecule has 0 N–H and O–H groups in total. The fraction of sp³-hybridized carbons (Fsp3) is 0.857. The van der Waals surface area contributed by atoms with Crippen molar-refractivity contribution >= 4 is 0 Å². The highest BCUT2D eigenvalue weighted by molar-refractivity contribution is 4.89. The highest BCUT2D eigenvalue weighted by Gasteiger charge is 2.29. The van der Waals surface area contributed by atoms with E-state index in [0.717, 1.165) is 18.3 Å². The van der Waals surface area contributed by atoms with Crippen molar-refractivity contribution in [3.63, 3.8) is 0 Å². The van der Waals surface area contributed by atoms with Crippen LogP contribution in [0, 0.1) is 12.8 Å². The van der Waals surface area contributed by atoms with Crippen molar-refractivity contribution in [1.29, 1.82) is 0 Å². The predicted octanol–water partition coefficient (Wildman–Crippen LogP) is 1.68. The zero-order valence-electron chi connectivity index (χ0n) is 12.0. The number of rotatable bonds is 5. The Morgan fingerprint density at radius 1 is 1.37 bits per heavy atom. The van der Waals surface area contributed by atoms with Gasteiger partial charge in [0.25, 0.3) is 0 Å². The van der Waals surface area contributed by atoms with Gasteiger partial charge in [0.15, 0.2) is 5.82 Å².